The highest BCUT2D eigenvalue weighted by Crippen LogP contribution is 2.17. The molecule has 0 heterocycles. The van der Waals surface area contributed by atoms with Crippen molar-refractivity contribution in [3.05, 3.63) is 24.3 Å². The van der Waals surface area contributed by atoms with Gasteiger partial charge >= 0.3 is 0 Å². The van der Waals surface area contributed by atoms with Gasteiger partial charge in [-0.15, -0.1) is 0 Å². The van der Waals surface area contributed by atoms with Crippen LogP contribution in [-0.2, 0) is 4.79 Å². The Balaban J connectivity index is 3.47. The lowest BCUT2D eigenvalue weighted by Crippen LogP contribution is -2.45. The van der Waals surface area contributed by atoms with Gasteiger partial charge in [0.05, 0.1) is 18.8 Å². The Morgan fingerprint density at radius 3 is 0.948 bits per heavy atom. The van der Waals surface area contributed by atoms with Gasteiger partial charge in [-0.3, -0.25) is 4.79 Å². The molecule has 4 heteroatoms. The Labute approximate surface area is 364 Å². The SMILES string of the molecule is CCCCCCCCCCCCCC/C=C\CCCCCCCCCCCCCCC(=O)NC(CO)C(O)/C=C/CCCCCCCCCCCCCCCCCC. The molecule has 0 saturated carbocycles. The topological polar surface area (TPSA) is 69.6 Å². The van der Waals surface area contributed by atoms with Crippen LogP contribution in [0.1, 0.15) is 296 Å². The standard InChI is InChI=1S/C54H105NO3/c1-3-5-7-9-11-13-15-17-19-21-23-24-25-26-27-28-29-30-31-32-34-36-38-40-42-44-46-48-50-54(58)55-52(51-56)53(57)49-47-45-43-41-39-37-35-33-22-20-18-16-14-12-10-8-6-4-2/h26-27,47,49,52-53,56-57H,3-25,28-46,48,50-51H2,1-2H3,(H,55,58)/b27-26-,49-47+. The van der Waals surface area contributed by atoms with Crippen molar-refractivity contribution in [2.75, 3.05) is 6.61 Å². The average molecular weight is 816 g/mol. The van der Waals surface area contributed by atoms with Crippen molar-refractivity contribution < 1.29 is 15.0 Å². The zero-order valence-electron chi connectivity index (χ0n) is 39.6. The number of hydrogen-bond donors (Lipinski definition) is 3. The molecule has 58 heavy (non-hydrogen) atoms. The van der Waals surface area contributed by atoms with E-state index >= 15 is 0 Å². The third-order valence-corrected chi connectivity index (χ3v) is 12.4. The number of rotatable bonds is 49. The van der Waals surface area contributed by atoms with Crippen LogP contribution in [0.5, 0.6) is 0 Å². The van der Waals surface area contributed by atoms with Crippen LogP contribution >= 0.6 is 0 Å². The fourth-order valence-electron chi connectivity index (χ4n) is 8.35. The van der Waals surface area contributed by atoms with Crippen molar-refractivity contribution in [2.45, 2.75) is 309 Å². The number of amides is 1. The van der Waals surface area contributed by atoms with Crippen molar-refractivity contribution in [3.63, 3.8) is 0 Å². The molecule has 4 nitrogen and oxygen atoms in total. The number of aliphatic hydroxyl groups is 2. The number of aliphatic hydroxyl groups excluding tert-OH is 2. The van der Waals surface area contributed by atoms with Gasteiger partial charge in [0.1, 0.15) is 0 Å². The van der Waals surface area contributed by atoms with E-state index in [9.17, 15) is 15.0 Å². The van der Waals surface area contributed by atoms with Crippen molar-refractivity contribution in [2.24, 2.45) is 0 Å². The van der Waals surface area contributed by atoms with E-state index in [0.717, 1.165) is 25.7 Å². The van der Waals surface area contributed by atoms with Gasteiger partial charge in [0, 0.05) is 6.42 Å². The lowest BCUT2D eigenvalue weighted by atomic mass is 10.0. The van der Waals surface area contributed by atoms with E-state index < -0.39 is 12.1 Å². The number of carbonyl (C=O) groups is 1. The fourth-order valence-corrected chi connectivity index (χ4v) is 8.35. The maximum absolute atomic E-state index is 12.4. The minimum Gasteiger partial charge on any atom is -0.394 e. The second kappa shape index (κ2) is 50.2. The molecule has 2 unspecified atom stereocenters. The van der Waals surface area contributed by atoms with E-state index in [0.29, 0.717) is 6.42 Å². The predicted molar refractivity (Wildman–Crippen MR) is 258 cm³/mol. The first-order valence-corrected chi connectivity index (χ1v) is 26.6. The molecule has 2 atom stereocenters. The molecule has 0 spiro atoms. The Kier molecular flexibility index (Phi) is 49.2. The number of hydrogen-bond acceptors (Lipinski definition) is 3. The Bertz CT molecular complexity index is 840. The van der Waals surface area contributed by atoms with Crippen LogP contribution in [0, 0.1) is 0 Å². The molecule has 0 rings (SSSR count). The van der Waals surface area contributed by atoms with Crippen LogP contribution in [0.2, 0.25) is 0 Å². The largest absolute Gasteiger partial charge is 0.394 e. The van der Waals surface area contributed by atoms with Crippen LogP contribution in [0.4, 0.5) is 0 Å². The highest BCUT2D eigenvalue weighted by atomic mass is 16.3. The molecule has 344 valence electrons. The molecule has 0 fully saturated rings. The van der Waals surface area contributed by atoms with Crippen LogP contribution in [0.3, 0.4) is 0 Å². The summed E-state index contributed by atoms with van der Waals surface area (Å²) in [4.78, 5) is 12.4. The summed E-state index contributed by atoms with van der Waals surface area (Å²) in [6.45, 7) is 4.34. The fraction of sp³-hybridized carbons (Fsp3) is 0.907. The van der Waals surface area contributed by atoms with E-state index in [1.165, 1.54) is 250 Å². The van der Waals surface area contributed by atoms with E-state index in [-0.39, 0.29) is 12.5 Å². The number of unbranched alkanes of at least 4 members (excludes halogenated alkanes) is 40. The predicted octanol–water partition coefficient (Wildman–Crippen LogP) is 17.1. The number of carbonyl (C=O) groups excluding carboxylic acids is 1. The molecule has 0 saturated heterocycles. The van der Waals surface area contributed by atoms with E-state index in [2.05, 4.69) is 31.3 Å². The summed E-state index contributed by atoms with van der Waals surface area (Å²) in [7, 11) is 0. The molecule has 0 aromatic rings. The lowest BCUT2D eigenvalue weighted by Gasteiger charge is -2.20. The van der Waals surface area contributed by atoms with Crippen LogP contribution in [-0.4, -0.2) is 34.9 Å². The van der Waals surface area contributed by atoms with Gasteiger partial charge in [0.25, 0.3) is 0 Å². The van der Waals surface area contributed by atoms with E-state index in [4.69, 9.17) is 0 Å². The molecule has 0 aromatic carbocycles. The van der Waals surface area contributed by atoms with Gasteiger partial charge in [-0.1, -0.05) is 269 Å². The molecular weight excluding hydrogens is 711 g/mol. The van der Waals surface area contributed by atoms with Crippen molar-refractivity contribution in [1.82, 2.24) is 5.32 Å². The third-order valence-electron chi connectivity index (χ3n) is 12.4. The third kappa shape index (κ3) is 45.9. The van der Waals surface area contributed by atoms with Gasteiger partial charge in [-0.2, -0.15) is 0 Å². The molecule has 1 amide bonds. The van der Waals surface area contributed by atoms with E-state index in [1.807, 2.05) is 6.08 Å². The first kappa shape index (κ1) is 56.9. The first-order chi connectivity index (χ1) is 28.7. The number of nitrogens with one attached hydrogen (secondary N) is 1. The monoisotopic (exact) mass is 816 g/mol. The molecule has 0 aromatic heterocycles. The van der Waals surface area contributed by atoms with Crippen LogP contribution in [0.25, 0.3) is 0 Å². The van der Waals surface area contributed by atoms with Gasteiger partial charge in [0.15, 0.2) is 0 Å². The molecule has 0 aliphatic carbocycles. The molecule has 0 aliphatic rings. The first-order valence-electron chi connectivity index (χ1n) is 26.6. The molecule has 0 radical (unpaired) electrons. The van der Waals surface area contributed by atoms with Crippen LogP contribution in [0.15, 0.2) is 24.3 Å². The van der Waals surface area contributed by atoms with Gasteiger partial charge in [-0.05, 0) is 44.9 Å². The Hall–Kier alpha value is -1.13. The summed E-state index contributed by atoms with van der Waals surface area (Å²) >= 11 is 0. The Morgan fingerprint density at radius 2 is 0.655 bits per heavy atom. The molecule has 0 bridgehead atoms. The highest BCUT2D eigenvalue weighted by Gasteiger charge is 2.18. The zero-order valence-corrected chi connectivity index (χ0v) is 39.6. The maximum Gasteiger partial charge on any atom is 0.220 e. The maximum atomic E-state index is 12.4. The Morgan fingerprint density at radius 1 is 0.397 bits per heavy atom. The second-order valence-electron chi connectivity index (χ2n) is 18.3. The van der Waals surface area contributed by atoms with Crippen LogP contribution < -0.4 is 5.32 Å². The van der Waals surface area contributed by atoms with Crippen molar-refractivity contribution in [3.8, 4) is 0 Å². The summed E-state index contributed by atoms with van der Waals surface area (Å²) in [5.41, 5.74) is 0. The zero-order chi connectivity index (χ0) is 42.1. The van der Waals surface area contributed by atoms with E-state index in [1.54, 1.807) is 6.08 Å². The normalized spacial score (nSPS) is 13.0. The van der Waals surface area contributed by atoms with Gasteiger partial charge in [-0.25, -0.2) is 0 Å². The molecule has 0 aliphatic heterocycles. The van der Waals surface area contributed by atoms with Crippen molar-refractivity contribution in [1.29, 1.82) is 0 Å². The van der Waals surface area contributed by atoms with Gasteiger partial charge in [0.2, 0.25) is 5.91 Å². The number of allylic oxidation sites excluding steroid dienone is 3. The summed E-state index contributed by atoms with van der Waals surface area (Å²) in [6, 6.07) is -0.620. The summed E-state index contributed by atoms with van der Waals surface area (Å²) in [5, 5.41) is 23.1. The summed E-state index contributed by atoms with van der Waals surface area (Å²) in [5.74, 6) is -0.0601. The lowest BCUT2D eigenvalue weighted by molar-refractivity contribution is -0.123. The average Bonchev–Trinajstić information content (AvgIpc) is 3.23. The molecular formula is C54H105NO3. The highest BCUT2D eigenvalue weighted by molar-refractivity contribution is 5.76. The second-order valence-corrected chi connectivity index (χ2v) is 18.3. The van der Waals surface area contributed by atoms with Crippen molar-refractivity contribution >= 4 is 5.91 Å². The minimum absolute atomic E-state index is 0.0601. The summed E-state index contributed by atoms with van der Waals surface area (Å²) < 4.78 is 0. The van der Waals surface area contributed by atoms with Gasteiger partial charge < -0.3 is 15.5 Å². The minimum atomic E-state index is -0.837. The smallest absolute Gasteiger partial charge is 0.220 e. The summed E-state index contributed by atoms with van der Waals surface area (Å²) in [6.07, 6.45) is 66.1. The molecule has 3 N–H and O–H groups in total. The quantitative estimate of drug-likeness (QED) is 0.0423.